The average Bonchev–Trinajstić information content (AvgIpc) is 3.60. The third kappa shape index (κ3) is 4.75. The normalized spacial score (nSPS) is 18.8. The number of hydrogen-bond acceptors (Lipinski definition) is 4. The van der Waals surface area contributed by atoms with E-state index in [0.29, 0.717) is 11.3 Å². The van der Waals surface area contributed by atoms with Crippen LogP contribution in [0.4, 0.5) is 10.1 Å². The van der Waals surface area contributed by atoms with E-state index in [2.05, 4.69) is 22.1 Å². The molecule has 8 nitrogen and oxygen atoms in total. The monoisotopic (exact) mass is 538 g/mol. The Bertz CT molecular complexity index is 1660. The maximum atomic E-state index is 14.0. The molecular weight excluding hydrogens is 507 g/mol. The van der Waals surface area contributed by atoms with E-state index >= 15 is 0 Å². The lowest BCUT2D eigenvalue weighted by Crippen LogP contribution is -2.50. The molecule has 9 heteroatoms. The Hall–Kier alpha value is -4.79. The van der Waals surface area contributed by atoms with Crippen molar-refractivity contribution in [3.05, 3.63) is 109 Å². The Morgan fingerprint density at radius 3 is 2.50 bits per heavy atom. The lowest BCUT2D eigenvalue weighted by Gasteiger charge is -2.30. The second-order valence-corrected chi connectivity index (χ2v) is 10.4. The predicted molar refractivity (Wildman–Crippen MR) is 154 cm³/mol. The van der Waals surface area contributed by atoms with E-state index in [9.17, 15) is 14.0 Å². The molecule has 1 aliphatic rings. The van der Waals surface area contributed by atoms with Gasteiger partial charge in [-0.1, -0.05) is 30.9 Å². The van der Waals surface area contributed by atoms with Gasteiger partial charge in [0.2, 0.25) is 5.91 Å². The molecule has 0 saturated carbocycles. The number of hydrogen-bond donors (Lipinski definition) is 1. The number of nitrogens with one attached hydrogen (secondary N) is 1. The minimum atomic E-state index is -0.945. The number of allylic oxidation sites excluding steroid dienone is 3. The van der Waals surface area contributed by atoms with Gasteiger partial charge in [0.15, 0.2) is 0 Å². The zero-order valence-corrected chi connectivity index (χ0v) is 22.9. The van der Waals surface area contributed by atoms with Crippen molar-refractivity contribution in [1.82, 2.24) is 24.9 Å². The van der Waals surface area contributed by atoms with Gasteiger partial charge in [-0.25, -0.2) is 9.07 Å². The number of amides is 2. The van der Waals surface area contributed by atoms with Crippen molar-refractivity contribution < 1.29 is 14.0 Å². The van der Waals surface area contributed by atoms with Gasteiger partial charge >= 0.3 is 0 Å². The van der Waals surface area contributed by atoms with Crippen molar-refractivity contribution in [2.24, 2.45) is 12.5 Å². The third-order valence-electron chi connectivity index (χ3n) is 7.27. The summed E-state index contributed by atoms with van der Waals surface area (Å²) in [5.41, 5.74) is 2.19. The number of rotatable bonds is 7. The lowest BCUT2D eigenvalue weighted by atomic mass is 9.82. The summed E-state index contributed by atoms with van der Waals surface area (Å²) in [4.78, 5) is 28.9. The molecule has 40 heavy (non-hydrogen) atoms. The fourth-order valence-corrected chi connectivity index (χ4v) is 5.13. The highest BCUT2D eigenvalue weighted by Gasteiger charge is 2.55. The van der Waals surface area contributed by atoms with E-state index in [1.807, 2.05) is 63.3 Å². The number of carbonyl (C=O) groups is 2. The molecule has 1 saturated heterocycles. The van der Waals surface area contributed by atoms with Crippen LogP contribution in [0.25, 0.3) is 16.6 Å². The van der Waals surface area contributed by atoms with Crippen LogP contribution in [-0.2, 0) is 11.8 Å². The highest BCUT2D eigenvalue weighted by molar-refractivity contribution is 6.04. The Morgan fingerprint density at radius 2 is 1.82 bits per heavy atom. The van der Waals surface area contributed by atoms with E-state index in [-0.39, 0.29) is 23.3 Å². The van der Waals surface area contributed by atoms with Crippen LogP contribution in [0.2, 0.25) is 0 Å². The minimum Gasteiger partial charge on any atom is -0.344 e. The molecule has 2 amide bonds. The lowest BCUT2D eigenvalue weighted by molar-refractivity contribution is -0.124. The predicted octanol–water partition coefficient (Wildman–Crippen LogP) is 5.13. The standard InChI is InChI=1S/C31H31FN6O2/c1-6-7-8-9-20(2)27-28(34-29(39)25-16-17-36(5)35-25)31(3,4)30(40)37(27)24-14-15-26-21(18-24)19-33-38(26)23-12-10-22(32)11-13-23/h6-19,27-28H,2H2,1,3-5H3,(H,34,39)/b7-6-,9-8-/t27-,28-/m1/s1. The van der Waals surface area contributed by atoms with E-state index in [0.717, 1.165) is 16.6 Å². The summed E-state index contributed by atoms with van der Waals surface area (Å²) in [5, 5.41) is 12.6. The number of aryl methyl sites for hydroxylation is 1. The fourth-order valence-electron chi connectivity index (χ4n) is 5.13. The van der Waals surface area contributed by atoms with E-state index in [4.69, 9.17) is 0 Å². The van der Waals surface area contributed by atoms with Gasteiger partial charge in [-0.05, 0) is 74.9 Å². The highest BCUT2D eigenvalue weighted by Crippen LogP contribution is 2.42. The molecule has 1 aliphatic heterocycles. The summed E-state index contributed by atoms with van der Waals surface area (Å²) in [7, 11) is 1.74. The first-order valence-electron chi connectivity index (χ1n) is 13.0. The number of fused-ring (bicyclic) bond motifs is 1. The van der Waals surface area contributed by atoms with E-state index in [1.54, 1.807) is 51.9 Å². The van der Waals surface area contributed by atoms with Gasteiger partial charge in [-0.3, -0.25) is 14.3 Å². The van der Waals surface area contributed by atoms with Crippen LogP contribution in [0, 0.1) is 11.2 Å². The molecule has 204 valence electrons. The molecule has 0 aliphatic carbocycles. The van der Waals surface area contributed by atoms with E-state index in [1.165, 1.54) is 12.1 Å². The summed E-state index contributed by atoms with van der Waals surface area (Å²) >= 11 is 0. The Balaban J connectivity index is 1.56. The third-order valence-corrected chi connectivity index (χ3v) is 7.27. The van der Waals surface area contributed by atoms with Crippen LogP contribution in [0.1, 0.15) is 31.3 Å². The summed E-state index contributed by atoms with van der Waals surface area (Å²) in [6.45, 7) is 9.88. The molecular formula is C31H31FN6O2. The second-order valence-electron chi connectivity index (χ2n) is 10.4. The van der Waals surface area contributed by atoms with Crippen molar-refractivity contribution in [2.75, 3.05) is 4.90 Å². The molecule has 0 bridgehead atoms. The van der Waals surface area contributed by atoms with Crippen molar-refractivity contribution >= 4 is 28.4 Å². The van der Waals surface area contributed by atoms with Gasteiger partial charge in [-0.15, -0.1) is 0 Å². The SMILES string of the molecule is C=C(/C=C\C=C/C)[C@@H]1[C@@H](NC(=O)c2ccn(C)n2)C(C)(C)C(=O)N1c1ccc2c(cnn2-c2ccc(F)cc2)c1. The Morgan fingerprint density at radius 1 is 1.10 bits per heavy atom. The van der Waals surface area contributed by atoms with Gasteiger partial charge in [0.1, 0.15) is 11.5 Å². The quantitative estimate of drug-likeness (QED) is 0.331. The smallest absolute Gasteiger partial charge is 0.272 e. The molecule has 0 unspecified atom stereocenters. The first-order chi connectivity index (χ1) is 19.1. The fraction of sp³-hybridized carbons (Fsp3) is 0.226. The number of benzene rings is 2. The molecule has 2 aromatic heterocycles. The van der Waals surface area contributed by atoms with Crippen molar-refractivity contribution in [3.8, 4) is 5.69 Å². The van der Waals surface area contributed by atoms with Crippen LogP contribution >= 0.6 is 0 Å². The average molecular weight is 539 g/mol. The molecule has 4 aromatic rings. The molecule has 2 atom stereocenters. The second kappa shape index (κ2) is 10.4. The van der Waals surface area contributed by atoms with Crippen LogP contribution in [0.15, 0.2) is 97.4 Å². The molecule has 5 rings (SSSR count). The molecule has 1 N–H and O–H groups in total. The Labute approximate surface area is 232 Å². The molecule has 0 spiro atoms. The number of carbonyl (C=O) groups excluding carboxylic acids is 2. The number of nitrogens with zero attached hydrogens (tertiary/aromatic N) is 5. The van der Waals surface area contributed by atoms with Gasteiger partial charge in [0, 0.05) is 24.3 Å². The van der Waals surface area contributed by atoms with Crippen molar-refractivity contribution in [3.63, 3.8) is 0 Å². The summed E-state index contributed by atoms with van der Waals surface area (Å²) < 4.78 is 16.7. The Kier molecular flexibility index (Phi) is 6.97. The molecule has 1 fully saturated rings. The largest absolute Gasteiger partial charge is 0.344 e. The number of halogens is 1. The first kappa shape index (κ1) is 26.8. The minimum absolute atomic E-state index is 0.144. The van der Waals surface area contributed by atoms with Crippen LogP contribution in [0.3, 0.4) is 0 Å². The van der Waals surface area contributed by atoms with Crippen LogP contribution < -0.4 is 10.2 Å². The molecule has 0 radical (unpaired) electrons. The maximum Gasteiger partial charge on any atom is 0.272 e. The van der Waals surface area contributed by atoms with Gasteiger partial charge in [0.05, 0.1) is 34.9 Å². The summed E-state index contributed by atoms with van der Waals surface area (Å²) in [5.74, 6) is -0.827. The molecule has 2 aromatic carbocycles. The van der Waals surface area contributed by atoms with Crippen LogP contribution in [-0.4, -0.2) is 43.5 Å². The maximum absolute atomic E-state index is 14.0. The highest BCUT2D eigenvalue weighted by atomic mass is 19.1. The van der Waals surface area contributed by atoms with E-state index < -0.39 is 17.5 Å². The summed E-state index contributed by atoms with van der Waals surface area (Å²) in [6, 6.07) is 12.2. The van der Waals surface area contributed by atoms with Gasteiger partial charge in [0.25, 0.3) is 5.91 Å². The topological polar surface area (TPSA) is 85.1 Å². The van der Waals surface area contributed by atoms with Crippen LogP contribution in [0.5, 0.6) is 0 Å². The number of anilines is 1. The zero-order valence-electron chi connectivity index (χ0n) is 22.9. The van der Waals surface area contributed by atoms with Crippen molar-refractivity contribution in [2.45, 2.75) is 32.9 Å². The van der Waals surface area contributed by atoms with Gasteiger partial charge < -0.3 is 10.2 Å². The van der Waals surface area contributed by atoms with Gasteiger partial charge in [-0.2, -0.15) is 10.2 Å². The zero-order chi connectivity index (χ0) is 28.6. The summed E-state index contributed by atoms with van der Waals surface area (Å²) in [6.07, 6.45) is 10.9. The first-order valence-corrected chi connectivity index (χ1v) is 13.0. The van der Waals surface area contributed by atoms with Crippen molar-refractivity contribution in [1.29, 1.82) is 0 Å². The number of aromatic nitrogens is 4. The molecule has 3 heterocycles.